The Labute approximate surface area is 128 Å². The molecule has 0 radical (unpaired) electrons. The maximum absolute atomic E-state index is 12.1. The maximum Gasteiger partial charge on any atom is 0.259 e. The Hall–Kier alpha value is -1.41. The first-order chi connectivity index (χ1) is 9.79. The molecule has 1 aromatic heterocycles. The molecule has 0 spiro atoms. The Morgan fingerprint density at radius 2 is 2.00 bits per heavy atom. The lowest BCUT2D eigenvalue weighted by Gasteiger charge is -2.11. The minimum absolute atomic E-state index is 0.0641. The number of nitrogens with one attached hydrogen (secondary N) is 1. The van der Waals surface area contributed by atoms with Crippen molar-refractivity contribution in [2.24, 2.45) is 7.05 Å². The molecule has 8 heteroatoms. The molecule has 114 valence electrons. The molecule has 0 aliphatic carbocycles. The average molecular weight is 330 g/mol. The van der Waals surface area contributed by atoms with Crippen molar-refractivity contribution < 1.29 is 13.5 Å². The molecule has 0 aliphatic rings. The van der Waals surface area contributed by atoms with E-state index in [0.29, 0.717) is 16.4 Å². The second kappa shape index (κ2) is 6.15. The molecule has 2 aromatic rings. The number of hydrogen-bond donors (Lipinski definition) is 2. The molecule has 21 heavy (non-hydrogen) atoms. The number of aliphatic hydroxyl groups is 1. The molecule has 6 nitrogen and oxygen atoms in total. The molecular weight excluding hydrogens is 314 g/mol. The van der Waals surface area contributed by atoms with Crippen LogP contribution in [-0.4, -0.2) is 29.6 Å². The van der Waals surface area contributed by atoms with Gasteiger partial charge in [0.05, 0.1) is 6.10 Å². The highest BCUT2D eigenvalue weighted by Crippen LogP contribution is 2.16. The average Bonchev–Trinajstić information content (AvgIpc) is 2.78. The number of imidazole rings is 1. The number of halogens is 1. The number of aliphatic hydroxyl groups excluding tert-OH is 1. The van der Waals surface area contributed by atoms with Gasteiger partial charge in [-0.2, -0.15) is 0 Å². The maximum atomic E-state index is 12.1. The number of rotatable bonds is 5. The molecule has 0 amide bonds. The summed E-state index contributed by atoms with van der Waals surface area (Å²) in [6.45, 7) is 1.57. The molecule has 1 heterocycles. The first kappa shape index (κ1) is 16.0. The van der Waals surface area contributed by atoms with Crippen LogP contribution in [0.25, 0.3) is 0 Å². The number of aromatic nitrogens is 2. The summed E-state index contributed by atoms with van der Waals surface area (Å²) in [6, 6.07) is 6.56. The third-order valence-electron chi connectivity index (χ3n) is 3.08. The van der Waals surface area contributed by atoms with Crippen LogP contribution < -0.4 is 4.72 Å². The summed E-state index contributed by atoms with van der Waals surface area (Å²) in [4.78, 5) is 3.96. The SMILES string of the molecule is Cc1nc(S(=O)(=O)NCC(O)c2ccc(Cl)cc2)cn1C. The summed E-state index contributed by atoms with van der Waals surface area (Å²) in [5, 5.41) is 10.5. The van der Waals surface area contributed by atoms with E-state index < -0.39 is 16.1 Å². The van der Waals surface area contributed by atoms with Gasteiger partial charge in [-0.05, 0) is 24.6 Å². The lowest BCUT2D eigenvalue weighted by atomic mass is 10.1. The fourth-order valence-electron chi connectivity index (χ4n) is 1.72. The van der Waals surface area contributed by atoms with Gasteiger partial charge in [-0.15, -0.1) is 0 Å². The van der Waals surface area contributed by atoms with Crippen molar-refractivity contribution in [3.8, 4) is 0 Å². The molecule has 2 N–H and O–H groups in total. The molecule has 0 saturated carbocycles. The van der Waals surface area contributed by atoms with E-state index in [4.69, 9.17) is 11.6 Å². The third kappa shape index (κ3) is 3.82. The van der Waals surface area contributed by atoms with Gasteiger partial charge >= 0.3 is 0 Å². The van der Waals surface area contributed by atoms with E-state index in [0.717, 1.165) is 0 Å². The molecule has 0 fully saturated rings. The van der Waals surface area contributed by atoms with Gasteiger partial charge in [0.1, 0.15) is 5.82 Å². The zero-order chi connectivity index (χ0) is 15.6. The van der Waals surface area contributed by atoms with Crippen LogP contribution in [0.15, 0.2) is 35.5 Å². The van der Waals surface area contributed by atoms with Crippen molar-refractivity contribution >= 4 is 21.6 Å². The Morgan fingerprint density at radius 3 is 2.52 bits per heavy atom. The monoisotopic (exact) mass is 329 g/mol. The van der Waals surface area contributed by atoms with E-state index in [1.807, 2.05) is 0 Å². The largest absolute Gasteiger partial charge is 0.387 e. The summed E-state index contributed by atoms with van der Waals surface area (Å²) in [5.74, 6) is 0.591. The number of sulfonamides is 1. The summed E-state index contributed by atoms with van der Waals surface area (Å²) < 4.78 is 28.1. The van der Waals surface area contributed by atoms with E-state index in [-0.39, 0.29) is 11.6 Å². The minimum Gasteiger partial charge on any atom is -0.387 e. The predicted octanol–water partition coefficient (Wildman–Crippen LogP) is 1.39. The second-order valence-electron chi connectivity index (χ2n) is 4.66. The van der Waals surface area contributed by atoms with Crippen molar-refractivity contribution in [2.45, 2.75) is 18.1 Å². The quantitative estimate of drug-likeness (QED) is 0.868. The minimum atomic E-state index is -3.74. The van der Waals surface area contributed by atoms with E-state index >= 15 is 0 Å². The van der Waals surface area contributed by atoms with Crippen LogP contribution in [0.1, 0.15) is 17.5 Å². The molecule has 0 aliphatic heterocycles. The zero-order valence-corrected chi connectivity index (χ0v) is 13.2. The topological polar surface area (TPSA) is 84.2 Å². The molecule has 0 bridgehead atoms. The summed E-state index contributed by atoms with van der Waals surface area (Å²) in [5.41, 5.74) is 0.583. The fourth-order valence-corrected chi connectivity index (χ4v) is 2.92. The first-order valence-electron chi connectivity index (χ1n) is 6.23. The summed E-state index contributed by atoms with van der Waals surface area (Å²) >= 11 is 5.76. The first-order valence-corrected chi connectivity index (χ1v) is 8.09. The molecule has 1 unspecified atom stereocenters. The number of aryl methyl sites for hydroxylation is 2. The highest BCUT2D eigenvalue weighted by atomic mass is 35.5. The van der Waals surface area contributed by atoms with Gasteiger partial charge in [-0.1, -0.05) is 23.7 Å². The molecule has 0 saturated heterocycles. The van der Waals surface area contributed by atoms with Gasteiger partial charge in [0, 0.05) is 24.8 Å². The van der Waals surface area contributed by atoms with Gasteiger partial charge in [0.25, 0.3) is 10.0 Å². The third-order valence-corrected chi connectivity index (χ3v) is 4.63. The highest BCUT2D eigenvalue weighted by Gasteiger charge is 2.20. The van der Waals surface area contributed by atoms with Crippen molar-refractivity contribution in [3.63, 3.8) is 0 Å². The van der Waals surface area contributed by atoms with Crippen LogP contribution in [0.3, 0.4) is 0 Å². The Kier molecular flexibility index (Phi) is 4.67. The van der Waals surface area contributed by atoms with E-state index in [2.05, 4.69) is 9.71 Å². The number of benzene rings is 1. The van der Waals surface area contributed by atoms with Crippen LogP contribution in [0.2, 0.25) is 5.02 Å². The normalized spacial score (nSPS) is 13.3. The van der Waals surface area contributed by atoms with Crippen LogP contribution in [0.4, 0.5) is 0 Å². The van der Waals surface area contributed by atoms with Crippen LogP contribution in [-0.2, 0) is 17.1 Å². The van der Waals surface area contributed by atoms with Crippen LogP contribution in [0, 0.1) is 6.92 Å². The van der Waals surface area contributed by atoms with Gasteiger partial charge in [-0.3, -0.25) is 0 Å². The molecule has 1 atom stereocenters. The lowest BCUT2D eigenvalue weighted by Crippen LogP contribution is -2.28. The van der Waals surface area contributed by atoms with Crippen molar-refractivity contribution in [2.75, 3.05) is 6.54 Å². The predicted molar refractivity (Wildman–Crippen MR) is 79.5 cm³/mol. The van der Waals surface area contributed by atoms with Crippen molar-refractivity contribution in [1.29, 1.82) is 0 Å². The molecular formula is C13H16ClN3O3S. The number of nitrogens with zero attached hydrogens (tertiary/aromatic N) is 2. The second-order valence-corrected chi connectivity index (χ2v) is 6.81. The van der Waals surface area contributed by atoms with Gasteiger partial charge in [0.2, 0.25) is 0 Å². The van der Waals surface area contributed by atoms with Crippen molar-refractivity contribution in [3.05, 3.63) is 46.9 Å². The fraction of sp³-hybridized carbons (Fsp3) is 0.308. The number of hydrogen-bond acceptors (Lipinski definition) is 4. The smallest absolute Gasteiger partial charge is 0.259 e. The standard InChI is InChI=1S/C13H16ClN3O3S/c1-9-16-13(8-17(9)2)21(19,20)15-7-12(18)10-3-5-11(14)6-4-10/h3-6,8,12,15,18H,7H2,1-2H3. The Bertz CT molecular complexity index is 706. The summed E-state index contributed by atoms with van der Waals surface area (Å²) in [6.07, 6.45) is 0.466. The van der Waals surface area contributed by atoms with Gasteiger partial charge in [-0.25, -0.2) is 18.1 Å². The zero-order valence-electron chi connectivity index (χ0n) is 11.6. The van der Waals surface area contributed by atoms with Crippen molar-refractivity contribution in [1.82, 2.24) is 14.3 Å². The van der Waals surface area contributed by atoms with Gasteiger partial charge in [0.15, 0.2) is 5.03 Å². The summed E-state index contributed by atoms with van der Waals surface area (Å²) in [7, 11) is -2.03. The lowest BCUT2D eigenvalue weighted by molar-refractivity contribution is 0.182. The van der Waals surface area contributed by atoms with Gasteiger partial charge < -0.3 is 9.67 Å². The van der Waals surface area contributed by atoms with Crippen LogP contribution >= 0.6 is 11.6 Å². The van der Waals surface area contributed by atoms with E-state index in [1.54, 1.807) is 42.8 Å². The molecule has 2 rings (SSSR count). The van der Waals surface area contributed by atoms with E-state index in [1.165, 1.54) is 6.20 Å². The van der Waals surface area contributed by atoms with E-state index in [9.17, 15) is 13.5 Å². The Balaban J connectivity index is 2.06. The van der Waals surface area contributed by atoms with Crippen LogP contribution in [0.5, 0.6) is 0 Å². The molecule has 1 aromatic carbocycles. The highest BCUT2D eigenvalue weighted by molar-refractivity contribution is 7.89. The Morgan fingerprint density at radius 1 is 1.38 bits per heavy atom.